The third-order valence-electron chi connectivity index (χ3n) is 3.55. The zero-order valence-corrected chi connectivity index (χ0v) is 14.1. The van der Waals surface area contributed by atoms with Gasteiger partial charge >= 0.3 is 5.97 Å². The first kappa shape index (κ1) is 18.9. The second-order valence-corrected chi connectivity index (χ2v) is 5.18. The number of rotatable bonds is 7. The molecule has 0 bridgehead atoms. The van der Waals surface area contributed by atoms with E-state index < -0.39 is 24.3 Å². The molecule has 0 saturated heterocycles. The van der Waals surface area contributed by atoms with Crippen LogP contribution in [0.25, 0.3) is 0 Å². The number of para-hydroxylation sites is 2. The fourth-order valence-corrected chi connectivity index (χ4v) is 2.31. The van der Waals surface area contributed by atoms with Gasteiger partial charge in [-0.05, 0) is 24.3 Å². The van der Waals surface area contributed by atoms with E-state index in [0.717, 1.165) is 4.90 Å². The number of carbonyl (C=O) groups excluding carboxylic acids is 2. The van der Waals surface area contributed by atoms with Crippen LogP contribution in [0.5, 0.6) is 5.75 Å². The van der Waals surface area contributed by atoms with Crippen LogP contribution in [0.1, 0.15) is 16.8 Å². The first-order valence-electron chi connectivity index (χ1n) is 7.80. The summed E-state index contributed by atoms with van der Waals surface area (Å²) in [5, 5.41) is 8.76. The van der Waals surface area contributed by atoms with Crippen molar-refractivity contribution in [2.24, 2.45) is 0 Å². The topological polar surface area (TPSA) is 79.6 Å². The van der Waals surface area contributed by atoms with Crippen LogP contribution in [0, 0.1) is 17.1 Å². The summed E-state index contributed by atoms with van der Waals surface area (Å²) in [6.45, 7) is -0.598. The predicted octanol–water partition coefficient (Wildman–Crippen LogP) is 2.94. The maximum atomic E-state index is 14.0. The van der Waals surface area contributed by atoms with Gasteiger partial charge in [0.1, 0.15) is 17.1 Å². The molecule has 2 rings (SSSR count). The summed E-state index contributed by atoms with van der Waals surface area (Å²) in [5.74, 6) is -1.65. The number of methoxy groups -OCH3 is 1. The quantitative estimate of drug-likeness (QED) is 0.713. The molecule has 0 aromatic heterocycles. The lowest BCUT2D eigenvalue weighted by Crippen LogP contribution is -2.36. The minimum absolute atomic E-state index is 0.0114. The zero-order chi connectivity index (χ0) is 18.9. The number of ether oxygens (including phenoxy) is 2. The van der Waals surface area contributed by atoms with Crippen molar-refractivity contribution >= 4 is 17.6 Å². The molecule has 0 aliphatic carbocycles. The molecule has 2 aromatic rings. The van der Waals surface area contributed by atoms with E-state index in [0.29, 0.717) is 5.75 Å². The van der Waals surface area contributed by atoms with E-state index in [-0.39, 0.29) is 24.2 Å². The molecule has 134 valence electrons. The van der Waals surface area contributed by atoms with Gasteiger partial charge in [0.25, 0.3) is 5.91 Å². The molecule has 0 aliphatic rings. The molecule has 0 fully saturated rings. The Labute approximate surface area is 150 Å². The predicted molar refractivity (Wildman–Crippen MR) is 92.3 cm³/mol. The minimum Gasteiger partial charge on any atom is -0.496 e. The number of hydrogen-bond donors (Lipinski definition) is 0. The van der Waals surface area contributed by atoms with Gasteiger partial charge in [0.05, 0.1) is 25.3 Å². The summed E-state index contributed by atoms with van der Waals surface area (Å²) < 4.78 is 24.1. The fourth-order valence-electron chi connectivity index (χ4n) is 2.31. The number of anilines is 1. The Morgan fingerprint density at radius 3 is 2.54 bits per heavy atom. The van der Waals surface area contributed by atoms with Gasteiger partial charge in [0.15, 0.2) is 6.61 Å². The van der Waals surface area contributed by atoms with Gasteiger partial charge in [-0.15, -0.1) is 0 Å². The largest absolute Gasteiger partial charge is 0.496 e. The highest BCUT2D eigenvalue weighted by molar-refractivity contribution is 5.98. The Kier molecular flexibility index (Phi) is 6.68. The number of nitriles is 1. The Balaban J connectivity index is 2.11. The van der Waals surface area contributed by atoms with Crippen LogP contribution in [0.4, 0.5) is 10.1 Å². The van der Waals surface area contributed by atoms with E-state index in [9.17, 15) is 14.0 Å². The van der Waals surface area contributed by atoms with Crippen molar-refractivity contribution in [3.8, 4) is 11.8 Å². The molecule has 0 N–H and O–H groups in total. The first-order valence-corrected chi connectivity index (χ1v) is 7.80. The lowest BCUT2D eigenvalue weighted by atomic mass is 10.2. The molecule has 6 nitrogen and oxygen atoms in total. The van der Waals surface area contributed by atoms with Gasteiger partial charge in [-0.3, -0.25) is 4.79 Å². The molecule has 0 spiro atoms. The van der Waals surface area contributed by atoms with Gasteiger partial charge in [-0.1, -0.05) is 24.3 Å². The fraction of sp³-hybridized carbons (Fsp3) is 0.211. The second kappa shape index (κ2) is 9.18. The van der Waals surface area contributed by atoms with Crippen LogP contribution in [0.15, 0.2) is 48.5 Å². The number of amides is 1. The molecule has 0 saturated carbocycles. The number of hydrogen-bond acceptors (Lipinski definition) is 5. The third kappa shape index (κ3) is 4.57. The van der Waals surface area contributed by atoms with Crippen molar-refractivity contribution in [2.75, 3.05) is 25.2 Å². The molecular formula is C19H17FN2O4. The highest BCUT2D eigenvalue weighted by Crippen LogP contribution is 2.20. The van der Waals surface area contributed by atoms with Crippen molar-refractivity contribution in [3.05, 3.63) is 59.9 Å². The Bertz CT molecular complexity index is 832. The van der Waals surface area contributed by atoms with Gasteiger partial charge < -0.3 is 14.4 Å². The Morgan fingerprint density at radius 2 is 1.85 bits per heavy atom. The molecule has 26 heavy (non-hydrogen) atoms. The lowest BCUT2D eigenvalue weighted by Gasteiger charge is -2.22. The Hall–Kier alpha value is -3.40. The monoisotopic (exact) mass is 356 g/mol. The van der Waals surface area contributed by atoms with E-state index in [4.69, 9.17) is 14.7 Å². The molecule has 2 aromatic carbocycles. The normalized spacial score (nSPS) is 9.88. The third-order valence-corrected chi connectivity index (χ3v) is 3.55. The van der Waals surface area contributed by atoms with E-state index >= 15 is 0 Å². The van der Waals surface area contributed by atoms with Crippen molar-refractivity contribution in [2.45, 2.75) is 6.42 Å². The number of benzene rings is 2. The van der Waals surface area contributed by atoms with Crippen LogP contribution in [0.3, 0.4) is 0 Å². The average molecular weight is 356 g/mol. The number of esters is 1. The molecule has 0 atom stereocenters. The summed E-state index contributed by atoms with van der Waals surface area (Å²) in [7, 11) is 1.42. The maximum absolute atomic E-state index is 14.0. The van der Waals surface area contributed by atoms with Crippen LogP contribution in [-0.4, -0.2) is 32.1 Å². The summed E-state index contributed by atoms with van der Waals surface area (Å²) in [4.78, 5) is 25.7. The molecule has 7 heteroatoms. The van der Waals surface area contributed by atoms with Crippen molar-refractivity contribution < 1.29 is 23.5 Å². The van der Waals surface area contributed by atoms with Crippen molar-refractivity contribution in [3.63, 3.8) is 0 Å². The lowest BCUT2D eigenvalue weighted by molar-refractivity contribution is -0.121. The number of nitrogens with zero attached hydrogens (tertiary/aromatic N) is 2. The highest BCUT2D eigenvalue weighted by atomic mass is 19.1. The summed E-state index contributed by atoms with van der Waals surface area (Å²) in [5.41, 5.74) is 0.207. The molecule has 1 amide bonds. The van der Waals surface area contributed by atoms with E-state index in [1.807, 2.05) is 6.07 Å². The Morgan fingerprint density at radius 1 is 1.15 bits per heavy atom. The summed E-state index contributed by atoms with van der Waals surface area (Å²) >= 11 is 0. The zero-order valence-electron chi connectivity index (χ0n) is 14.1. The minimum atomic E-state index is -0.732. The smallest absolute Gasteiger partial charge is 0.342 e. The first-order chi connectivity index (χ1) is 12.6. The van der Waals surface area contributed by atoms with Crippen molar-refractivity contribution in [1.29, 1.82) is 5.26 Å². The van der Waals surface area contributed by atoms with Gasteiger partial charge in [-0.25, -0.2) is 9.18 Å². The van der Waals surface area contributed by atoms with Crippen LogP contribution >= 0.6 is 0 Å². The maximum Gasteiger partial charge on any atom is 0.342 e. The van der Waals surface area contributed by atoms with E-state index in [2.05, 4.69) is 0 Å². The van der Waals surface area contributed by atoms with Gasteiger partial charge in [0.2, 0.25) is 0 Å². The highest BCUT2D eigenvalue weighted by Gasteiger charge is 2.21. The van der Waals surface area contributed by atoms with Crippen LogP contribution < -0.4 is 9.64 Å². The van der Waals surface area contributed by atoms with Crippen LogP contribution in [-0.2, 0) is 9.53 Å². The van der Waals surface area contributed by atoms with Crippen LogP contribution in [0.2, 0.25) is 0 Å². The molecule has 0 radical (unpaired) electrons. The second-order valence-electron chi connectivity index (χ2n) is 5.18. The number of halogens is 1. The average Bonchev–Trinajstić information content (AvgIpc) is 2.67. The number of carbonyl (C=O) groups is 2. The van der Waals surface area contributed by atoms with Crippen molar-refractivity contribution in [1.82, 2.24) is 0 Å². The van der Waals surface area contributed by atoms with Gasteiger partial charge in [0, 0.05) is 6.54 Å². The molecule has 0 unspecified atom stereocenters. The molecular weight excluding hydrogens is 339 g/mol. The van der Waals surface area contributed by atoms with E-state index in [1.54, 1.807) is 24.3 Å². The molecule has 0 heterocycles. The van der Waals surface area contributed by atoms with E-state index in [1.165, 1.54) is 31.4 Å². The summed E-state index contributed by atoms with van der Waals surface area (Å²) in [6.07, 6.45) is 0.0144. The molecule has 0 aliphatic heterocycles. The summed E-state index contributed by atoms with van der Waals surface area (Å²) in [6, 6.07) is 14.1. The SMILES string of the molecule is COc1ccccc1C(=O)OCC(=O)N(CCC#N)c1ccccc1F. The standard InChI is InChI=1S/C19H17FN2O4/c1-25-17-10-5-2-7-14(17)19(24)26-13-18(23)22(12-6-11-21)16-9-4-3-8-15(16)20/h2-5,7-10H,6,12-13H2,1H3. The van der Waals surface area contributed by atoms with Gasteiger partial charge in [-0.2, -0.15) is 5.26 Å².